The normalized spacial score (nSPS) is 15.1. The summed E-state index contributed by atoms with van der Waals surface area (Å²) in [5, 5.41) is 3.20. The smallest absolute Gasteiger partial charge is 0.272 e. The van der Waals surface area contributed by atoms with E-state index >= 15 is 0 Å². The van der Waals surface area contributed by atoms with Crippen LogP contribution in [0.15, 0.2) is 53.9 Å². The van der Waals surface area contributed by atoms with Crippen LogP contribution in [0.4, 0.5) is 0 Å². The molecule has 4 rings (SSSR count). The Morgan fingerprint density at radius 2 is 1.78 bits per heavy atom. The summed E-state index contributed by atoms with van der Waals surface area (Å²) in [6.07, 6.45) is 0. The van der Waals surface area contributed by atoms with Crippen molar-refractivity contribution in [3.8, 4) is 10.6 Å². The predicted molar refractivity (Wildman–Crippen MR) is 108 cm³/mol. The van der Waals surface area contributed by atoms with Crippen LogP contribution in [-0.4, -0.2) is 51.9 Å². The van der Waals surface area contributed by atoms with Crippen molar-refractivity contribution >= 4 is 17.2 Å². The predicted octanol–water partition coefficient (Wildman–Crippen LogP) is 3.47. The largest absolute Gasteiger partial charge is 0.335 e. The highest BCUT2D eigenvalue weighted by atomic mass is 32.1. The van der Waals surface area contributed by atoms with Crippen LogP contribution in [0.3, 0.4) is 0 Å². The molecule has 1 aliphatic rings. The Morgan fingerprint density at radius 1 is 1.00 bits per heavy atom. The van der Waals surface area contributed by atoms with E-state index in [1.54, 1.807) is 17.4 Å². The number of rotatable bonds is 4. The van der Waals surface area contributed by atoms with E-state index in [9.17, 15) is 4.79 Å². The highest BCUT2D eigenvalue weighted by Gasteiger charge is 2.23. The Balaban J connectivity index is 1.33. The lowest BCUT2D eigenvalue weighted by Crippen LogP contribution is -2.48. The van der Waals surface area contributed by atoms with Gasteiger partial charge in [-0.05, 0) is 19.1 Å². The lowest BCUT2D eigenvalue weighted by Gasteiger charge is -2.34. The van der Waals surface area contributed by atoms with Gasteiger partial charge < -0.3 is 4.90 Å². The summed E-state index contributed by atoms with van der Waals surface area (Å²) >= 11 is 1.68. The van der Waals surface area contributed by atoms with E-state index in [4.69, 9.17) is 4.98 Å². The Bertz CT molecular complexity index is 917. The van der Waals surface area contributed by atoms with Gasteiger partial charge in [0, 0.05) is 49.4 Å². The van der Waals surface area contributed by atoms with Crippen LogP contribution in [0.5, 0.6) is 0 Å². The number of piperazine rings is 1. The van der Waals surface area contributed by atoms with Gasteiger partial charge in [0.05, 0.1) is 5.69 Å². The van der Waals surface area contributed by atoms with Gasteiger partial charge in [-0.2, -0.15) is 0 Å². The van der Waals surface area contributed by atoms with Gasteiger partial charge >= 0.3 is 0 Å². The van der Waals surface area contributed by atoms with Crippen molar-refractivity contribution in [3.05, 3.63) is 71.0 Å². The number of nitrogens with zero attached hydrogens (tertiary/aromatic N) is 4. The van der Waals surface area contributed by atoms with Gasteiger partial charge in [-0.15, -0.1) is 11.3 Å². The summed E-state index contributed by atoms with van der Waals surface area (Å²) in [6.45, 7) is 5.90. The van der Waals surface area contributed by atoms with Crippen LogP contribution in [0.2, 0.25) is 0 Å². The fraction of sp³-hybridized carbons (Fsp3) is 0.286. The average molecular weight is 379 g/mol. The highest BCUT2D eigenvalue weighted by Crippen LogP contribution is 2.24. The third-order valence-corrected chi connectivity index (χ3v) is 5.67. The number of thiazole rings is 1. The summed E-state index contributed by atoms with van der Waals surface area (Å²) in [6, 6.07) is 15.9. The highest BCUT2D eigenvalue weighted by molar-refractivity contribution is 7.13. The Hall–Kier alpha value is -2.57. The van der Waals surface area contributed by atoms with Gasteiger partial charge in [-0.3, -0.25) is 9.69 Å². The molecular weight excluding hydrogens is 356 g/mol. The molecule has 0 aliphatic carbocycles. The van der Waals surface area contributed by atoms with Crippen LogP contribution < -0.4 is 0 Å². The van der Waals surface area contributed by atoms with Gasteiger partial charge in [0.1, 0.15) is 10.7 Å². The van der Waals surface area contributed by atoms with Crippen LogP contribution in [0, 0.1) is 6.92 Å². The summed E-state index contributed by atoms with van der Waals surface area (Å²) in [5.41, 5.74) is 3.67. The van der Waals surface area contributed by atoms with Crippen molar-refractivity contribution in [2.45, 2.75) is 13.5 Å². The third kappa shape index (κ3) is 4.23. The molecule has 1 saturated heterocycles. The molecule has 0 unspecified atom stereocenters. The van der Waals surface area contributed by atoms with Crippen LogP contribution in [0.1, 0.15) is 21.9 Å². The molecule has 0 saturated carbocycles. The number of carbonyl (C=O) groups excluding carboxylic acids is 1. The van der Waals surface area contributed by atoms with E-state index in [-0.39, 0.29) is 5.91 Å². The van der Waals surface area contributed by atoms with Crippen molar-refractivity contribution < 1.29 is 4.79 Å². The van der Waals surface area contributed by atoms with Crippen LogP contribution in [-0.2, 0) is 6.54 Å². The van der Waals surface area contributed by atoms with E-state index < -0.39 is 0 Å². The first-order valence-electron chi connectivity index (χ1n) is 9.14. The molecule has 1 aliphatic heterocycles. The number of aryl methyl sites for hydroxylation is 1. The fourth-order valence-corrected chi connectivity index (χ4v) is 4.07. The zero-order valence-electron chi connectivity index (χ0n) is 15.3. The molecule has 1 aromatic carbocycles. The van der Waals surface area contributed by atoms with Gasteiger partial charge in [-0.1, -0.05) is 36.4 Å². The maximum Gasteiger partial charge on any atom is 0.272 e. The first-order valence-corrected chi connectivity index (χ1v) is 10.0. The summed E-state index contributed by atoms with van der Waals surface area (Å²) in [4.78, 5) is 26.0. The maximum absolute atomic E-state index is 12.6. The topological polar surface area (TPSA) is 49.3 Å². The molecule has 27 heavy (non-hydrogen) atoms. The van der Waals surface area contributed by atoms with Crippen LogP contribution in [0.25, 0.3) is 10.6 Å². The number of aromatic nitrogens is 2. The molecule has 0 spiro atoms. The van der Waals surface area contributed by atoms with E-state index in [2.05, 4.69) is 27.4 Å². The van der Waals surface area contributed by atoms with Crippen molar-refractivity contribution in [3.63, 3.8) is 0 Å². The SMILES string of the molecule is Cc1cccc(C(=O)N2CCN(Cc3csc(-c4ccccc4)n3)CC2)n1. The number of hydrogen-bond acceptors (Lipinski definition) is 5. The Kier molecular flexibility index (Phi) is 5.27. The molecule has 1 fully saturated rings. The molecule has 3 heterocycles. The zero-order valence-corrected chi connectivity index (χ0v) is 16.2. The number of pyridine rings is 1. The van der Waals surface area contributed by atoms with E-state index in [1.807, 2.05) is 42.2 Å². The molecule has 5 nitrogen and oxygen atoms in total. The standard InChI is InChI=1S/C21H22N4OS/c1-16-6-5-9-19(22-16)21(26)25-12-10-24(11-13-25)14-18-15-27-20(23-18)17-7-3-2-4-8-17/h2-9,15H,10-14H2,1H3. The second-order valence-electron chi connectivity index (χ2n) is 6.74. The number of carbonyl (C=O) groups is 1. The molecule has 0 N–H and O–H groups in total. The molecule has 3 aromatic rings. The monoisotopic (exact) mass is 378 g/mol. The minimum Gasteiger partial charge on any atom is -0.335 e. The minimum absolute atomic E-state index is 0.0263. The van der Waals surface area contributed by atoms with E-state index in [0.29, 0.717) is 5.69 Å². The third-order valence-electron chi connectivity index (χ3n) is 4.73. The molecule has 2 aromatic heterocycles. The van der Waals surface area contributed by atoms with Gasteiger partial charge in [0.2, 0.25) is 0 Å². The second kappa shape index (κ2) is 7.98. The molecule has 6 heteroatoms. The Labute approximate surface area is 163 Å². The van der Waals surface area contributed by atoms with Crippen molar-refractivity contribution in [2.24, 2.45) is 0 Å². The summed E-state index contributed by atoms with van der Waals surface area (Å²) < 4.78 is 0. The number of amides is 1. The number of hydrogen-bond donors (Lipinski definition) is 0. The minimum atomic E-state index is 0.0263. The number of benzene rings is 1. The van der Waals surface area contributed by atoms with Gasteiger partial charge in [-0.25, -0.2) is 9.97 Å². The van der Waals surface area contributed by atoms with Crippen LogP contribution >= 0.6 is 11.3 Å². The lowest BCUT2D eigenvalue weighted by molar-refractivity contribution is 0.0621. The lowest BCUT2D eigenvalue weighted by atomic mass is 10.2. The molecule has 0 atom stereocenters. The zero-order chi connectivity index (χ0) is 18.6. The van der Waals surface area contributed by atoms with Gasteiger partial charge in [0.15, 0.2) is 0 Å². The summed E-state index contributed by atoms with van der Waals surface area (Å²) in [7, 11) is 0. The molecule has 0 radical (unpaired) electrons. The molecular formula is C21H22N4OS. The first kappa shape index (κ1) is 17.8. The summed E-state index contributed by atoms with van der Waals surface area (Å²) in [5.74, 6) is 0.0263. The van der Waals surface area contributed by atoms with Crippen molar-refractivity contribution in [1.82, 2.24) is 19.8 Å². The quantitative estimate of drug-likeness (QED) is 0.697. The van der Waals surface area contributed by atoms with Crippen molar-refractivity contribution in [1.29, 1.82) is 0 Å². The van der Waals surface area contributed by atoms with E-state index in [1.165, 1.54) is 0 Å². The first-order chi connectivity index (χ1) is 13.2. The second-order valence-corrected chi connectivity index (χ2v) is 7.60. The maximum atomic E-state index is 12.6. The fourth-order valence-electron chi connectivity index (χ4n) is 3.26. The molecule has 138 valence electrons. The van der Waals surface area contributed by atoms with E-state index in [0.717, 1.165) is 54.7 Å². The average Bonchev–Trinajstić information content (AvgIpc) is 3.17. The Morgan fingerprint density at radius 3 is 2.52 bits per heavy atom. The van der Waals surface area contributed by atoms with Crippen molar-refractivity contribution in [2.75, 3.05) is 26.2 Å². The molecule has 1 amide bonds. The molecule has 0 bridgehead atoms. The van der Waals surface area contributed by atoms with Gasteiger partial charge in [0.25, 0.3) is 5.91 Å².